The van der Waals surface area contributed by atoms with Crippen LogP contribution in [0.1, 0.15) is 57.2 Å². The molecular formula is C32H37N3O7Si. The highest BCUT2D eigenvalue weighted by atomic mass is 28.3. The molecule has 43 heavy (non-hydrogen) atoms. The highest BCUT2D eigenvalue weighted by Crippen LogP contribution is 2.41. The summed E-state index contributed by atoms with van der Waals surface area (Å²) in [4.78, 5) is 57.3. The van der Waals surface area contributed by atoms with E-state index in [1.807, 2.05) is 23.9 Å². The molecule has 1 aromatic carbocycles. The third kappa shape index (κ3) is 5.26. The van der Waals surface area contributed by atoms with Crippen molar-refractivity contribution in [1.29, 1.82) is 0 Å². The molecule has 226 valence electrons. The average Bonchev–Trinajstić information content (AvgIpc) is 3.30. The molecule has 5 rings (SSSR count). The number of hydrogen-bond acceptors (Lipinski definition) is 8. The average molecular weight is 604 g/mol. The molecule has 4 heterocycles. The number of pyridine rings is 2. The molecule has 0 radical (unpaired) electrons. The molecule has 11 heteroatoms. The number of benzene rings is 1. The van der Waals surface area contributed by atoms with Crippen LogP contribution >= 0.6 is 0 Å². The maximum atomic E-state index is 14.0. The summed E-state index contributed by atoms with van der Waals surface area (Å²) in [6.45, 7) is 15.5. The number of esters is 2. The Morgan fingerprint density at radius 2 is 1.93 bits per heavy atom. The predicted octanol–water partition coefficient (Wildman–Crippen LogP) is 4.19. The van der Waals surface area contributed by atoms with Gasteiger partial charge in [0.05, 0.1) is 35.4 Å². The quantitative estimate of drug-likeness (QED) is 0.189. The van der Waals surface area contributed by atoms with E-state index in [-0.39, 0.29) is 37.1 Å². The summed E-state index contributed by atoms with van der Waals surface area (Å²) in [5, 5.41) is 4.72. The van der Waals surface area contributed by atoms with E-state index in [0.717, 1.165) is 16.5 Å². The van der Waals surface area contributed by atoms with Crippen molar-refractivity contribution >= 4 is 42.2 Å². The Labute approximate surface area is 251 Å². The zero-order valence-electron chi connectivity index (χ0n) is 25.5. The first-order valence-corrected chi connectivity index (χ1v) is 17.5. The Hall–Kier alpha value is -4.25. The van der Waals surface area contributed by atoms with Gasteiger partial charge < -0.3 is 24.1 Å². The van der Waals surface area contributed by atoms with Crippen LogP contribution in [0.4, 0.5) is 4.79 Å². The van der Waals surface area contributed by atoms with Gasteiger partial charge >= 0.3 is 18.0 Å². The van der Waals surface area contributed by atoms with Crippen molar-refractivity contribution in [2.45, 2.75) is 78.0 Å². The van der Waals surface area contributed by atoms with Crippen LogP contribution < -0.4 is 16.1 Å². The molecule has 3 aromatic rings. The van der Waals surface area contributed by atoms with Crippen LogP contribution in [-0.2, 0) is 42.6 Å². The standard InChI is InChI=1S/C32H37N3O7Si/c1-8-32(41-25(36)14-15-33-30(39)42-31(3,4)5)22-16-24-26-20(17-35(24)28(37)21(22)18-40-29(32)38)27(43(6,7)9-2)19-12-10-11-13-23(19)34-26/h9-13,16H,2,8,14-15,17-18H2,1,3-7H3,(H,33,39). The number of ether oxygens (including phenoxy) is 3. The molecule has 0 saturated heterocycles. The molecular weight excluding hydrogens is 566 g/mol. The van der Waals surface area contributed by atoms with Gasteiger partial charge in [-0.1, -0.05) is 43.9 Å². The maximum Gasteiger partial charge on any atom is 0.407 e. The Kier molecular flexibility index (Phi) is 7.58. The third-order valence-corrected chi connectivity index (χ3v) is 10.9. The molecule has 1 unspecified atom stereocenters. The summed E-state index contributed by atoms with van der Waals surface area (Å²) in [5.41, 5.74) is 2.79. The smallest absolute Gasteiger partial charge is 0.407 e. The Bertz CT molecular complexity index is 1740. The molecule has 2 aromatic heterocycles. The van der Waals surface area contributed by atoms with Gasteiger partial charge in [-0.3, -0.25) is 9.59 Å². The van der Waals surface area contributed by atoms with Crippen molar-refractivity contribution in [3.05, 3.63) is 69.7 Å². The second kappa shape index (κ2) is 10.8. The van der Waals surface area contributed by atoms with Gasteiger partial charge in [0, 0.05) is 23.1 Å². The molecule has 1 N–H and O–H groups in total. The largest absolute Gasteiger partial charge is 0.457 e. The van der Waals surface area contributed by atoms with E-state index in [2.05, 4.69) is 31.1 Å². The highest BCUT2D eigenvalue weighted by Gasteiger charge is 2.50. The van der Waals surface area contributed by atoms with Crippen molar-refractivity contribution in [2.75, 3.05) is 6.54 Å². The van der Waals surface area contributed by atoms with Crippen LogP contribution in [0.3, 0.4) is 0 Å². The molecule has 2 aliphatic heterocycles. The first kappa shape index (κ1) is 30.2. The Balaban J connectivity index is 1.56. The zero-order valence-corrected chi connectivity index (χ0v) is 26.5. The number of carbonyl (C=O) groups is 3. The second-order valence-corrected chi connectivity index (χ2v) is 16.8. The van der Waals surface area contributed by atoms with E-state index >= 15 is 0 Å². The number of alkyl carbamates (subject to hydrolysis) is 1. The van der Waals surface area contributed by atoms with Crippen LogP contribution in [0.5, 0.6) is 0 Å². The van der Waals surface area contributed by atoms with Crippen molar-refractivity contribution in [2.24, 2.45) is 0 Å². The fourth-order valence-electron chi connectivity index (χ4n) is 5.85. The number of nitrogens with one attached hydrogen (secondary N) is 1. The zero-order chi connectivity index (χ0) is 31.3. The maximum absolute atomic E-state index is 14.0. The number of rotatable bonds is 7. The van der Waals surface area contributed by atoms with Gasteiger partial charge in [-0.15, -0.1) is 6.58 Å². The normalized spacial score (nSPS) is 17.4. The third-order valence-electron chi connectivity index (χ3n) is 8.00. The number of aromatic nitrogens is 2. The number of cyclic esters (lactones) is 1. The summed E-state index contributed by atoms with van der Waals surface area (Å²) < 4.78 is 18.1. The Morgan fingerprint density at radius 3 is 2.60 bits per heavy atom. The summed E-state index contributed by atoms with van der Waals surface area (Å²) in [5.74, 6) is -1.47. The summed E-state index contributed by atoms with van der Waals surface area (Å²) in [7, 11) is -2.14. The molecule has 0 saturated carbocycles. The number of carbonyl (C=O) groups excluding carboxylic acids is 3. The lowest BCUT2D eigenvalue weighted by atomic mass is 9.85. The van der Waals surface area contributed by atoms with Crippen molar-refractivity contribution in [3.63, 3.8) is 0 Å². The van der Waals surface area contributed by atoms with Gasteiger partial charge in [-0.05, 0) is 44.5 Å². The highest BCUT2D eigenvalue weighted by molar-refractivity contribution is 6.95. The summed E-state index contributed by atoms with van der Waals surface area (Å²) in [6, 6.07) is 9.67. The van der Waals surface area contributed by atoms with E-state index in [1.165, 1.54) is 5.19 Å². The van der Waals surface area contributed by atoms with E-state index in [0.29, 0.717) is 23.5 Å². The molecule has 0 aliphatic carbocycles. The molecule has 2 aliphatic rings. The number of fused-ring (bicyclic) bond motifs is 5. The number of hydrogen-bond donors (Lipinski definition) is 1. The molecule has 1 amide bonds. The van der Waals surface area contributed by atoms with Crippen molar-refractivity contribution in [3.8, 4) is 11.4 Å². The van der Waals surface area contributed by atoms with Gasteiger partial charge in [0.25, 0.3) is 5.56 Å². The van der Waals surface area contributed by atoms with E-state index in [1.54, 1.807) is 38.3 Å². The summed E-state index contributed by atoms with van der Waals surface area (Å²) >= 11 is 0. The number of amides is 1. The van der Waals surface area contributed by atoms with Gasteiger partial charge in [-0.25, -0.2) is 14.6 Å². The van der Waals surface area contributed by atoms with Crippen LogP contribution in [0.25, 0.3) is 22.3 Å². The Morgan fingerprint density at radius 1 is 1.21 bits per heavy atom. The van der Waals surface area contributed by atoms with Gasteiger partial charge in [0.15, 0.2) is 0 Å². The first-order chi connectivity index (χ1) is 20.2. The van der Waals surface area contributed by atoms with Gasteiger partial charge in [0.2, 0.25) is 5.60 Å². The van der Waals surface area contributed by atoms with E-state index in [4.69, 9.17) is 19.2 Å². The van der Waals surface area contributed by atoms with Crippen molar-refractivity contribution in [1.82, 2.24) is 14.9 Å². The lowest BCUT2D eigenvalue weighted by Gasteiger charge is -2.35. The minimum atomic E-state index is -2.14. The van der Waals surface area contributed by atoms with E-state index in [9.17, 15) is 19.2 Å². The molecule has 0 fully saturated rings. The minimum Gasteiger partial charge on any atom is -0.457 e. The predicted molar refractivity (Wildman–Crippen MR) is 165 cm³/mol. The fraction of sp³-hybridized carbons (Fsp3) is 0.406. The van der Waals surface area contributed by atoms with Gasteiger partial charge in [0.1, 0.15) is 20.3 Å². The SMILES string of the molecule is C=C[Si](C)(C)c1c2c(nc3ccccc13)-c1cc3c(c(=O)n1C2)COC(=O)C3(CC)OC(=O)CCNC(=O)OC(C)(C)C. The molecule has 0 spiro atoms. The molecule has 10 nitrogen and oxygen atoms in total. The van der Waals surface area contributed by atoms with Crippen LogP contribution in [0.2, 0.25) is 13.1 Å². The van der Waals surface area contributed by atoms with Gasteiger partial charge in [-0.2, -0.15) is 0 Å². The number of nitrogens with zero attached hydrogens (tertiary/aromatic N) is 2. The lowest BCUT2D eigenvalue weighted by molar-refractivity contribution is -0.189. The van der Waals surface area contributed by atoms with E-state index < -0.39 is 37.3 Å². The van der Waals surface area contributed by atoms with Crippen LogP contribution in [0.15, 0.2) is 47.4 Å². The fourth-order valence-corrected chi connectivity index (χ4v) is 7.93. The van der Waals surface area contributed by atoms with Crippen LogP contribution in [-0.4, -0.2) is 47.8 Å². The topological polar surface area (TPSA) is 126 Å². The second-order valence-electron chi connectivity index (χ2n) is 12.5. The lowest BCUT2D eigenvalue weighted by Crippen LogP contribution is -2.47. The number of para-hydroxylation sites is 1. The summed E-state index contributed by atoms with van der Waals surface area (Å²) in [6.07, 6.45) is -0.835. The van der Waals surface area contributed by atoms with Crippen molar-refractivity contribution < 1.29 is 28.6 Å². The van der Waals surface area contributed by atoms with Crippen LogP contribution in [0, 0.1) is 0 Å². The minimum absolute atomic E-state index is 0.0482. The molecule has 0 bridgehead atoms. The first-order valence-electron chi connectivity index (χ1n) is 14.4. The monoisotopic (exact) mass is 603 g/mol. The molecule has 1 atom stereocenters.